The van der Waals surface area contributed by atoms with Crippen molar-refractivity contribution < 1.29 is 18.0 Å². The number of hydrogen-bond acceptors (Lipinski definition) is 4. The Morgan fingerprint density at radius 2 is 2.04 bits per heavy atom. The van der Waals surface area contributed by atoms with Crippen LogP contribution in [0.25, 0.3) is 0 Å². The second kappa shape index (κ2) is 5.96. The van der Waals surface area contributed by atoms with Crippen molar-refractivity contribution in [2.45, 2.75) is 31.7 Å². The first-order chi connectivity index (χ1) is 10.9. The van der Waals surface area contributed by atoms with Crippen LogP contribution in [0.5, 0.6) is 0 Å². The van der Waals surface area contributed by atoms with E-state index in [-0.39, 0.29) is 41.7 Å². The Morgan fingerprint density at radius 3 is 2.70 bits per heavy atom. The predicted molar refractivity (Wildman–Crippen MR) is 87.0 cm³/mol. The number of benzene rings is 1. The molecule has 2 atom stereocenters. The molecule has 1 fully saturated rings. The number of fused-ring (bicyclic) bond motifs is 1. The van der Waals surface area contributed by atoms with Gasteiger partial charge in [-0.3, -0.25) is 9.59 Å². The van der Waals surface area contributed by atoms with Crippen molar-refractivity contribution >= 4 is 27.3 Å². The molecule has 0 aromatic heterocycles. The third kappa shape index (κ3) is 3.39. The molecule has 2 unspecified atom stereocenters. The van der Waals surface area contributed by atoms with Crippen LogP contribution in [0.4, 0.5) is 5.69 Å². The minimum absolute atomic E-state index is 0.0273. The van der Waals surface area contributed by atoms with E-state index in [9.17, 15) is 18.0 Å². The molecule has 3 rings (SSSR count). The Morgan fingerprint density at radius 1 is 1.30 bits per heavy atom. The first-order valence-corrected chi connectivity index (χ1v) is 9.54. The molecule has 0 aliphatic carbocycles. The van der Waals surface area contributed by atoms with Gasteiger partial charge in [-0.05, 0) is 18.1 Å². The van der Waals surface area contributed by atoms with Crippen LogP contribution in [0.2, 0.25) is 0 Å². The van der Waals surface area contributed by atoms with Crippen molar-refractivity contribution in [3.05, 3.63) is 29.8 Å². The fourth-order valence-electron chi connectivity index (χ4n) is 3.39. The Kier molecular flexibility index (Phi) is 4.14. The zero-order valence-electron chi connectivity index (χ0n) is 13.0. The van der Waals surface area contributed by atoms with Crippen molar-refractivity contribution in [3.8, 4) is 0 Å². The van der Waals surface area contributed by atoms with Gasteiger partial charge in [-0.25, -0.2) is 8.42 Å². The van der Waals surface area contributed by atoms with Gasteiger partial charge in [0.05, 0.1) is 11.5 Å². The number of carbonyl (C=O) groups excluding carboxylic acids is 2. The fourth-order valence-corrected chi connectivity index (χ4v) is 5.06. The lowest BCUT2D eigenvalue weighted by atomic mass is 9.97. The lowest BCUT2D eigenvalue weighted by molar-refractivity contribution is -0.122. The summed E-state index contributed by atoms with van der Waals surface area (Å²) in [6.07, 6.45) is 0.742. The number of sulfone groups is 1. The van der Waals surface area contributed by atoms with E-state index >= 15 is 0 Å². The maximum absolute atomic E-state index is 12.2. The Labute approximate surface area is 135 Å². The number of amides is 2. The van der Waals surface area contributed by atoms with Gasteiger partial charge in [0.2, 0.25) is 11.8 Å². The zero-order chi connectivity index (χ0) is 16.6. The normalized spacial score (nSPS) is 25.2. The van der Waals surface area contributed by atoms with Crippen LogP contribution in [0.15, 0.2) is 24.3 Å². The molecular formula is C16H20N2O4S. The molecule has 2 amide bonds. The molecule has 1 N–H and O–H groups in total. The van der Waals surface area contributed by atoms with Crippen LogP contribution < -0.4 is 10.2 Å². The van der Waals surface area contributed by atoms with Gasteiger partial charge in [0, 0.05) is 37.5 Å². The van der Waals surface area contributed by atoms with Crippen LogP contribution in [0.1, 0.15) is 31.2 Å². The van der Waals surface area contributed by atoms with Gasteiger partial charge in [-0.2, -0.15) is 0 Å². The smallest absolute Gasteiger partial charge is 0.223 e. The van der Waals surface area contributed by atoms with Crippen molar-refractivity contribution in [1.29, 1.82) is 0 Å². The predicted octanol–water partition coefficient (Wildman–Crippen LogP) is 0.830. The standard InChI is InChI=1S/C16H20N2O4S/c1-11(19)18-9-12(14-4-2-3-5-15(14)18)8-16(20)17-13-6-7-23(21,22)10-13/h2-5,12-13H,6-10H2,1H3,(H,17,20). The molecule has 124 valence electrons. The Bertz CT molecular complexity index is 744. The van der Waals surface area contributed by atoms with Gasteiger partial charge >= 0.3 is 0 Å². The van der Waals surface area contributed by atoms with E-state index in [0.717, 1.165) is 11.3 Å². The summed E-state index contributed by atoms with van der Waals surface area (Å²) in [6, 6.07) is 7.32. The summed E-state index contributed by atoms with van der Waals surface area (Å²) >= 11 is 0. The number of nitrogens with one attached hydrogen (secondary N) is 1. The van der Waals surface area contributed by atoms with Crippen molar-refractivity contribution in [2.24, 2.45) is 0 Å². The molecule has 1 aromatic rings. The molecule has 2 aliphatic rings. The van der Waals surface area contributed by atoms with Crippen molar-refractivity contribution in [3.63, 3.8) is 0 Å². The fraction of sp³-hybridized carbons (Fsp3) is 0.500. The first kappa shape index (κ1) is 16.0. The quantitative estimate of drug-likeness (QED) is 0.886. The number of carbonyl (C=O) groups is 2. The van der Waals surface area contributed by atoms with Gasteiger partial charge in [0.1, 0.15) is 0 Å². The lowest BCUT2D eigenvalue weighted by Gasteiger charge is -2.16. The monoisotopic (exact) mass is 336 g/mol. The topological polar surface area (TPSA) is 83.6 Å². The van der Waals surface area contributed by atoms with Crippen LogP contribution in [-0.4, -0.2) is 44.3 Å². The van der Waals surface area contributed by atoms with Gasteiger partial charge in [-0.15, -0.1) is 0 Å². The summed E-state index contributed by atoms with van der Waals surface area (Å²) in [5.74, 6) is -0.0744. The average Bonchev–Trinajstić information content (AvgIpc) is 3.00. The Balaban J connectivity index is 1.67. The third-order valence-electron chi connectivity index (χ3n) is 4.48. The lowest BCUT2D eigenvalue weighted by Crippen LogP contribution is -2.37. The van der Waals surface area contributed by atoms with Crippen LogP contribution >= 0.6 is 0 Å². The molecule has 2 heterocycles. The SMILES string of the molecule is CC(=O)N1CC(CC(=O)NC2CCS(=O)(=O)C2)c2ccccc21. The summed E-state index contributed by atoms with van der Waals surface area (Å²) in [5.41, 5.74) is 1.86. The summed E-state index contributed by atoms with van der Waals surface area (Å²) in [5, 5.41) is 2.81. The highest BCUT2D eigenvalue weighted by molar-refractivity contribution is 7.91. The van der Waals surface area contributed by atoms with Gasteiger partial charge < -0.3 is 10.2 Å². The van der Waals surface area contributed by atoms with Crippen LogP contribution in [0, 0.1) is 0 Å². The van der Waals surface area contributed by atoms with E-state index in [4.69, 9.17) is 0 Å². The van der Waals surface area contributed by atoms with E-state index in [0.29, 0.717) is 13.0 Å². The first-order valence-electron chi connectivity index (χ1n) is 7.72. The summed E-state index contributed by atoms with van der Waals surface area (Å²) < 4.78 is 22.9. The van der Waals surface area contributed by atoms with Gasteiger partial charge in [-0.1, -0.05) is 18.2 Å². The molecular weight excluding hydrogens is 316 g/mol. The number of hydrogen-bond donors (Lipinski definition) is 1. The van der Waals surface area contributed by atoms with Crippen molar-refractivity contribution in [1.82, 2.24) is 5.32 Å². The minimum Gasteiger partial charge on any atom is -0.352 e. The molecule has 0 spiro atoms. The highest BCUT2D eigenvalue weighted by Crippen LogP contribution is 2.37. The zero-order valence-corrected chi connectivity index (χ0v) is 13.8. The number of para-hydroxylation sites is 1. The van der Waals surface area contributed by atoms with Crippen LogP contribution in [0.3, 0.4) is 0 Å². The third-order valence-corrected chi connectivity index (χ3v) is 6.25. The van der Waals surface area contributed by atoms with E-state index in [2.05, 4.69) is 5.32 Å². The van der Waals surface area contributed by atoms with Gasteiger partial charge in [0.15, 0.2) is 9.84 Å². The average molecular weight is 336 g/mol. The largest absolute Gasteiger partial charge is 0.352 e. The summed E-state index contributed by atoms with van der Waals surface area (Å²) in [7, 11) is -3.00. The van der Waals surface area contributed by atoms with E-state index < -0.39 is 9.84 Å². The number of rotatable bonds is 3. The Hall–Kier alpha value is -1.89. The van der Waals surface area contributed by atoms with E-state index in [1.807, 2.05) is 24.3 Å². The number of anilines is 1. The molecule has 7 heteroatoms. The minimum atomic E-state index is -3.00. The molecule has 1 aromatic carbocycles. The highest BCUT2D eigenvalue weighted by atomic mass is 32.2. The van der Waals surface area contributed by atoms with E-state index in [1.54, 1.807) is 4.90 Å². The molecule has 0 saturated carbocycles. The summed E-state index contributed by atoms with van der Waals surface area (Å²) in [6.45, 7) is 2.01. The molecule has 2 aliphatic heterocycles. The summed E-state index contributed by atoms with van der Waals surface area (Å²) in [4.78, 5) is 25.7. The molecule has 6 nitrogen and oxygen atoms in total. The van der Waals surface area contributed by atoms with Crippen LogP contribution in [-0.2, 0) is 19.4 Å². The molecule has 1 saturated heterocycles. The molecule has 0 bridgehead atoms. The van der Waals surface area contributed by atoms with Crippen molar-refractivity contribution in [2.75, 3.05) is 23.0 Å². The molecule has 0 radical (unpaired) electrons. The number of nitrogens with zero attached hydrogens (tertiary/aromatic N) is 1. The maximum Gasteiger partial charge on any atom is 0.223 e. The highest BCUT2D eigenvalue weighted by Gasteiger charge is 2.33. The van der Waals surface area contributed by atoms with E-state index in [1.165, 1.54) is 6.92 Å². The van der Waals surface area contributed by atoms with Gasteiger partial charge in [0.25, 0.3) is 0 Å². The maximum atomic E-state index is 12.2. The second-order valence-electron chi connectivity index (χ2n) is 6.26. The second-order valence-corrected chi connectivity index (χ2v) is 8.49. The molecule has 23 heavy (non-hydrogen) atoms.